The second-order valence-corrected chi connectivity index (χ2v) is 13.9. The molecule has 4 aliphatic rings. The molecular weight excluding hydrogens is 633 g/mol. The number of nitriles is 1. The monoisotopic (exact) mass is 668 g/mol. The Bertz CT molecular complexity index is 1990. The Balaban J connectivity index is 1.18. The zero-order valence-electron chi connectivity index (χ0n) is 27.1. The van der Waals surface area contributed by atoms with Crippen LogP contribution in [0.3, 0.4) is 0 Å². The fraction of sp³-hybridized carbons (Fsp3) is 0.417. The average Bonchev–Trinajstić information content (AvgIpc) is 3.46. The highest BCUT2D eigenvalue weighted by Gasteiger charge is 2.45. The summed E-state index contributed by atoms with van der Waals surface area (Å²) >= 11 is 0. The molecule has 1 amide bonds. The molecular formula is C36H35F3N8O2. The van der Waals surface area contributed by atoms with E-state index in [9.17, 15) is 23.2 Å². The standard InChI is InChI=1S/C36H35F3N8O2/c1-45-21-42-44-33(45)26-5-4-23(15-40)10-27(26)25-13-31(41-8-6-22-2-3-22)43-32(14-25)47-17-29-28(34(47)48)11-24(12-30(29)36(37,38)39)16-46-9-7-35(18-46)19-49-20-35/h4-5,10-14,21-22H,2-3,6-9,16-20H2,1H3,(H,41,43). The molecule has 10 nitrogen and oxygen atoms in total. The van der Waals surface area contributed by atoms with Gasteiger partial charge in [0.25, 0.3) is 5.91 Å². The van der Waals surface area contributed by atoms with Crippen LogP contribution in [0.4, 0.5) is 24.8 Å². The van der Waals surface area contributed by atoms with Crippen LogP contribution in [0, 0.1) is 22.7 Å². The molecule has 5 heterocycles. The van der Waals surface area contributed by atoms with Crippen LogP contribution in [0.1, 0.15) is 58.3 Å². The van der Waals surface area contributed by atoms with Crippen LogP contribution in [-0.4, -0.2) is 63.4 Å². The van der Waals surface area contributed by atoms with Crippen LogP contribution < -0.4 is 10.2 Å². The van der Waals surface area contributed by atoms with Crippen LogP contribution in [-0.2, 0) is 31.1 Å². The van der Waals surface area contributed by atoms with Crippen molar-refractivity contribution in [3.63, 3.8) is 0 Å². The molecule has 0 unspecified atom stereocenters. The summed E-state index contributed by atoms with van der Waals surface area (Å²) in [5.41, 5.74) is 2.19. The first-order chi connectivity index (χ1) is 23.6. The number of nitrogens with one attached hydrogen (secondary N) is 1. The number of benzene rings is 2. The molecule has 2 aromatic heterocycles. The maximum Gasteiger partial charge on any atom is 0.416 e. The minimum atomic E-state index is -4.64. The first kappa shape index (κ1) is 31.5. The topological polar surface area (TPSA) is 112 Å². The number of ether oxygens (including phenoxy) is 1. The van der Waals surface area contributed by atoms with Crippen molar-refractivity contribution in [1.29, 1.82) is 5.26 Å². The van der Waals surface area contributed by atoms with Crippen molar-refractivity contribution < 1.29 is 22.7 Å². The molecule has 1 N–H and O–H groups in total. The number of aromatic nitrogens is 4. The molecule has 49 heavy (non-hydrogen) atoms. The van der Waals surface area contributed by atoms with Crippen molar-refractivity contribution in [1.82, 2.24) is 24.6 Å². The van der Waals surface area contributed by atoms with E-state index in [1.165, 1.54) is 23.8 Å². The van der Waals surface area contributed by atoms with Crippen LogP contribution in [0.25, 0.3) is 22.5 Å². The van der Waals surface area contributed by atoms with Crippen molar-refractivity contribution in [3.8, 4) is 28.6 Å². The van der Waals surface area contributed by atoms with Gasteiger partial charge in [0.05, 0.1) is 37.0 Å². The van der Waals surface area contributed by atoms with Crippen molar-refractivity contribution in [2.24, 2.45) is 18.4 Å². The number of carbonyl (C=O) groups is 1. The van der Waals surface area contributed by atoms with Gasteiger partial charge in [-0.15, -0.1) is 10.2 Å². The maximum atomic E-state index is 14.6. The summed E-state index contributed by atoms with van der Waals surface area (Å²) in [6.07, 6.45) is 1.24. The predicted octanol–water partition coefficient (Wildman–Crippen LogP) is 6.03. The predicted molar refractivity (Wildman–Crippen MR) is 175 cm³/mol. The number of rotatable bonds is 9. The summed E-state index contributed by atoms with van der Waals surface area (Å²) in [6.45, 7) is 3.63. The molecule has 2 aromatic carbocycles. The molecule has 1 aliphatic carbocycles. The Morgan fingerprint density at radius 1 is 1.10 bits per heavy atom. The SMILES string of the molecule is Cn1cnnc1-c1ccc(C#N)cc1-c1cc(NCCC2CC2)nc(N2Cc3c(cc(CN4CCC5(COC5)C4)cc3C(F)(F)F)C2=O)c1. The van der Waals surface area contributed by atoms with E-state index in [0.29, 0.717) is 71.7 Å². The molecule has 0 bridgehead atoms. The normalized spacial score (nSPS) is 18.5. The number of alkyl halides is 3. The minimum Gasteiger partial charge on any atom is -0.380 e. The summed E-state index contributed by atoms with van der Waals surface area (Å²) in [6, 6.07) is 13.8. The second-order valence-electron chi connectivity index (χ2n) is 13.9. The highest BCUT2D eigenvalue weighted by atomic mass is 19.4. The van der Waals surface area contributed by atoms with Crippen LogP contribution in [0.2, 0.25) is 0 Å². The molecule has 0 atom stereocenters. The van der Waals surface area contributed by atoms with Gasteiger partial charge in [-0.2, -0.15) is 18.4 Å². The number of aryl methyl sites for hydroxylation is 1. The number of carbonyl (C=O) groups excluding carboxylic acids is 1. The van der Waals surface area contributed by atoms with Gasteiger partial charge in [-0.25, -0.2) is 4.98 Å². The van der Waals surface area contributed by atoms with Gasteiger partial charge in [0.15, 0.2) is 5.82 Å². The van der Waals surface area contributed by atoms with Gasteiger partial charge < -0.3 is 14.6 Å². The lowest BCUT2D eigenvalue weighted by atomic mass is 9.85. The van der Waals surface area contributed by atoms with E-state index < -0.39 is 17.6 Å². The Hall–Kier alpha value is -4.80. The fourth-order valence-electron chi connectivity index (χ4n) is 7.33. The number of fused-ring (bicyclic) bond motifs is 1. The average molecular weight is 669 g/mol. The lowest BCUT2D eigenvalue weighted by molar-refractivity contribution is -0.138. The highest BCUT2D eigenvalue weighted by molar-refractivity contribution is 6.10. The molecule has 8 rings (SSSR count). The number of halogens is 3. The summed E-state index contributed by atoms with van der Waals surface area (Å²) in [4.78, 5) is 22.3. The van der Waals surface area contributed by atoms with Gasteiger partial charge in [0, 0.05) is 43.2 Å². The van der Waals surface area contributed by atoms with E-state index in [1.54, 1.807) is 41.2 Å². The Morgan fingerprint density at radius 3 is 2.61 bits per heavy atom. The molecule has 0 radical (unpaired) electrons. The molecule has 1 saturated carbocycles. The van der Waals surface area contributed by atoms with Crippen molar-refractivity contribution in [3.05, 3.63) is 76.6 Å². The maximum absolute atomic E-state index is 14.6. The van der Waals surface area contributed by atoms with Crippen LogP contribution in [0.5, 0.6) is 0 Å². The van der Waals surface area contributed by atoms with Crippen molar-refractivity contribution >= 4 is 17.5 Å². The molecule has 4 aromatic rings. The number of nitrogens with zero attached hydrogens (tertiary/aromatic N) is 7. The fourth-order valence-corrected chi connectivity index (χ4v) is 7.33. The largest absolute Gasteiger partial charge is 0.416 e. The number of anilines is 2. The Morgan fingerprint density at radius 2 is 1.94 bits per heavy atom. The van der Waals surface area contributed by atoms with Gasteiger partial charge in [-0.05, 0) is 90.0 Å². The van der Waals surface area contributed by atoms with E-state index in [4.69, 9.17) is 9.72 Å². The van der Waals surface area contributed by atoms with Gasteiger partial charge in [0.1, 0.15) is 18.0 Å². The van der Waals surface area contributed by atoms with Gasteiger partial charge in [-0.3, -0.25) is 14.6 Å². The van der Waals surface area contributed by atoms with E-state index in [0.717, 1.165) is 25.9 Å². The van der Waals surface area contributed by atoms with E-state index in [-0.39, 0.29) is 28.9 Å². The van der Waals surface area contributed by atoms with E-state index >= 15 is 0 Å². The molecule has 3 fully saturated rings. The number of likely N-dealkylation sites (tertiary alicyclic amines) is 1. The van der Waals surface area contributed by atoms with E-state index in [1.807, 2.05) is 13.1 Å². The number of amides is 1. The van der Waals surface area contributed by atoms with Crippen molar-refractivity contribution in [2.45, 2.75) is 44.9 Å². The lowest BCUT2D eigenvalue weighted by Gasteiger charge is -2.37. The van der Waals surface area contributed by atoms with Crippen LogP contribution in [0.15, 0.2) is 48.8 Å². The molecule has 2 saturated heterocycles. The van der Waals surface area contributed by atoms with Crippen LogP contribution >= 0.6 is 0 Å². The third kappa shape index (κ3) is 6.04. The quantitative estimate of drug-likeness (QED) is 0.230. The molecule has 3 aliphatic heterocycles. The van der Waals surface area contributed by atoms with Gasteiger partial charge >= 0.3 is 6.18 Å². The highest BCUT2D eigenvalue weighted by Crippen LogP contribution is 2.43. The Labute approximate surface area is 281 Å². The minimum absolute atomic E-state index is 0.0479. The first-order valence-corrected chi connectivity index (χ1v) is 16.6. The number of hydrogen-bond donors (Lipinski definition) is 1. The number of pyridine rings is 1. The van der Waals surface area contributed by atoms with E-state index in [2.05, 4.69) is 26.5 Å². The third-order valence-electron chi connectivity index (χ3n) is 10.2. The summed E-state index contributed by atoms with van der Waals surface area (Å²) in [5, 5.41) is 21.4. The molecule has 13 heteroatoms. The summed E-state index contributed by atoms with van der Waals surface area (Å²) < 4.78 is 51.0. The second kappa shape index (κ2) is 12.0. The van der Waals surface area contributed by atoms with Crippen molar-refractivity contribution in [2.75, 3.05) is 43.1 Å². The third-order valence-corrected chi connectivity index (χ3v) is 10.2. The molecule has 252 valence electrons. The zero-order valence-corrected chi connectivity index (χ0v) is 27.1. The number of hydrogen-bond acceptors (Lipinski definition) is 8. The van der Waals surface area contributed by atoms with Gasteiger partial charge in [0.2, 0.25) is 0 Å². The zero-order chi connectivity index (χ0) is 33.9. The smallest absolute Gasteiger partial charge is 0.380 e. The first-order valence-electron chi connectivity index (χ1n) is 16.6. The summed E-state index contributed by atoms with van der Waals surface area (Å²) in [7, 11) is 1.82. The summed E-state index contributed by atoms with van der Waals surface area (Å²) in [5.74, 6) is 1.42. The van der Waals surface area contributed by atoms with Gasteiger partial charge in [-0.1, -0.05) is 12.8 Å². The Kier molecular flexibility index (Phi) is 7.68. The molecule has 1 spiro atoms. The lowest BCUT2D eigenvalue weighted by Crippen LogP contribution is -2.44.